The van der Waals surface area contributed by atoms with Gasteiger partial charge in [0.15, 0.2) is 0 Å². The lowest BCUT2D eigenvalue weighted by Crippen LogP contribution is -2.23. The molecule has 1 saturated carbocycles. The first-order valence-electron chi connectivity index (χ1n) is 5.81. The minimum absolute atomic E-state index is 0.277. The van der Waals surface area contributed by atoms with Gasteiger partial charge in [-0.2, -0.15) is 0 Å². The van der Waals surface area contributed by atoms with Crippen LogP contribution in [0.4, 0.5) is 0 Å². The highest BCUT2D eigenvalue weighted by atomic mass is 16.3. The molecule has 2 unspecified atom stereocenters. The maximum Gasteiger partial charge on any atom is 0.143 e. The van der Waals surface area contributed by atoms with Crippen LogP contribution in [0.1, 0.15) is 38.4 Å². The fourth-order valence-corrected chi connectivity index (χ4v) is 2.46. The van der Waals surface area contributed by atoms with E-state index in [2.05, 4.69) is 6.92 Å². The molecule has 0 radical (unpaired) electrons. The molecule has 2 nitrogen and oxygen atoms in total. The molecule has 1 aliphatic rings. The van der Waals surface area contributed by atoms with E-state index in [4.69, 9.17) is 4.42 Å². The molecule has 0 saturated heterocycles. The second-order valence-electron chi connectivity index (χ2n) is 4.69. The summed E-state index contributed by atoms with van der Waals surface area (Å²) in [5.41, 5.74) is 0. The number of hydrogen-bond donors (Lipinski definition) is 0. The molecule has 0 aliphatic heterocycles. The van der Waals surface area contributed by atoms with E-state index in [1.807, 2.05) is 12.1 Å². The van der Waals surface area contributed by atoms with Crippen LogP contribution >= 0.6 is 0 Å². The van der Waals surface area contributed by atoms with E-state index in [9.17, 15) is 4.79 Å². The van der Waals surface area contributed by atoms with Crippen molar-refractivity contribution >= 4 is 5.78 Å². The van der Waals surface area contributed by atoms with Gasteiger partial charge in [0, 0.05) is 5.92 Å². The van der Waals surface area contributed by atoms with Crippen molar-refractivity contribution in [1.29, 1.82) is 0 Å². The van der Waals surface area contributed by atoms with Gasteiger partial charge in [-0.05, 0) is 30.9 Å². The Morgan fingerprint density at radius 1 is 1.53 bits per heavy atom. The highest BCUT2D eigenvalue weighted by Gasteiger charge is 2.25. The Kier molecular flexibility index (Phi) is 3.24. The molecular weight excluding hydrogens is 188 g/mol. The summed E-state index contributed by atoms with van der Waals surface area (Å²) >= 11 is 0. The highest BCUT2D eigenvalue weighted by molar-refractivity contribution is 5.82. The molecule has 1 aromatic rings. The molecule has 0 bridgehead atoms. The van der Waals surface area contributed by atoms with Crippen LogP contribution in [0.3, 0.4) is 0 Å². The van der Waals surface area contributed by atoms with E-state index in [0.717, 1.165) is 18.6 Å². The number of ketones is 1. The smallest absolute Gasteiger partial charge is 0.143 e. The average molecular weight is 206 g/mol. The molecule has 0 aromatic carbocycles. The summed E-state index contributed by atoms with van der Waals surface area (Å²) < 4.78 is 5.20. The first-order chi connectivity index (χ1) is 7.25. The van der Waals surface area contributed by atoms with E-state index in [0.29, 0.717) is 18.1 Å². The van der Waals surface area contributed by atoms with Crippen LogP contribution in [0.2, 0.25) is 0 Å². The zero-order valence-electron chi connectivity index (χ0n) is 9.24. The van der Waals surface area contributed by atoms with Gasteiger partial charge < -0.3 is 4.42 Å². The van der Waals surface area contributed by atoms with Crippen molar-refractivity contribution in [2.24, 2.45) is 11.8 Å². The molecule has 1 heterocycles. The standard InChI is InChI=1S/C13H18O2/c1-10-4-2-5-11(8-10)13(14)9-12-6-3-7-15-12/h3,6-7,10-11H,2,4-5,8-9H2,1H3. The third-order valence-electron chi connectivity index (χ3n) is 3.32. The third kappa shape index (κ3) is 2.71. The number of rotatable bonds is 3. The van der Waals surface area contributed by atoms with Crippen molar-refractivity contribution < 1.29 is 9.21 Å². The summed E-state index contributed by atoms with van der Waals surface area (Å²) in [4.78, 5) is 12.0. The fourth-order valence-electron chi connectivity index (χ4n) is 2.46. The number of carbonyl (C=O) groups excluding carboxylic acids is 1. The van der Waals surface area contributed by atoms with E-state index in [-0.39, 0.29) is 5.92 Å². The Hall–Kier alpha value is -1.05. The van der Waals surface area contributed by atoms with Crippen molar-refractivity contribution in [3.63, 3.8) is 0 Å². The van der Waals surface area contributed by atoms with E-state index in [1.165, 1.54) is 12.8 Å². The maximum atomic E-state index is 12.0. The Morgan fingerprint density at radius 2 is 2.40 bits per heavy atom. The van der Waals surface area contributed by atoms with Crippen molar-refractivity contribution in [3.05, 3.63) is 24.2 Å². The summed E-state index contributed by atoms with van der Waals surface area (Å²) in [5, 5.41) is 0. The van der Waals surface area contributed by atoms with Gasteiger partial charge in [0.1, 0.15) is 11.5 Å². The van der Waals surface area contributed by atoms with Crippen molar-refractivity contribution in [3.8, 4) is 0 Å². The molecule has 2 rings (SSSR count). The Balaban J connectivity index is 1.90. The lowest BCUT2D eigenvalue weighted by molar-refractivity contribution is -0.123. The predicted molar refractivity (Wildman–Crippen MR) is 58.5 cm³/mol. The SMILES string of the molecule is CC1CCCC(C(=O)Cc2ccco2)C1. The Labute approximate surface area is 90.7 Å². The van der Waals surface area contributed by atoms with Gasteiger partial charge in [-0.3, -0.25) is 4.79 Å². The second-order valence-corrected chi connectivity index (χ2v) is 4.69. The molecule has 0 spiro atoms. The summed E-state index contributed by atoms with van der Waals surface area (Å²) in [6.45, 7) is 2.24. The van der Waals surface area contributed by atoms with Gasteiger partial charge in [-0.15, -0.1) is 0 Å². The topological polar surface area (TPSA) is 30.2 Å². The molecule has 82 valence electrons. The predicted octanol–water partition coefficient (Wildman–Crippen LogP) is 3.22. The van der Waals surface area contributed by atoms with Crippen LogP contribution < -0.4 is 0 Å². The van der Waals surface area contributed by atoms with Crippen molar-refractivity contribution in [2.75, 3.05) is 0 Å². The lowest BCUT2D eigenvalue weighted by Gasteiger charge is -2.25. The number of hydrogen-bond acceptors (Lipinski definition) is 2. The fraction of sp³-hybridized carbons (Fsp3) is 0.615. The van der Waals surface area contributed by atoms with E-state index < -0.39 is 0 Å². The summed E-state index contributed by atoms with van der Waals surface area (Å²) in [7, 11) is 0. The number of furan rings is 1. The maximum absolute atomic E-state index is 12.0. The van der Waals surface area contributed by atoms with Crippen LogP contribution in [-0.4, -0.2) is 5.78 Å². The second kappa shape index (κ2) is 4.65. The monoisotopic (exact) mass is 206 g/mol. The van der Waals surface area contributed by atoms with Crippen LogP contribution in [-0.2, 0) is 11.2 Å². The normalized spacial score (nSPS) is 26.5. The summed E-state index contributed by atoms with van der Waals surface area (Å²) in [6, 6.07) is 3.72. The van der Waals surface area contributed by atoms with Gasteiger partial charge >= 0.3 is 0 Å². The first-order valence-corrected chi connectivity index (χ1v) is 5.81. The number of carbonyl (C=O) groups is 1. The molecule has 15 heavy (non-hydrogen) atoms. The van der Waals surface area contributed by atoms with Crippen LogP contribution in [0, 0.1) is 11.8 Å². The van der Waals surface area contributed by atoms with Gasteiger partial charge in [0.25, 0.3) is 0 Å². The molecule has 2 heteroatoms. The Bertz CT molecular complexity index is 313. The van der Waals surface area contributed by atoms with Crippen LogP contribution in [0.25, 0.3) is 0 Å². The Morgan fingerprint density at radius 3 is 3.07 bits per heavy atom. The van der Waals surface area contributed by atoms with Gasteiger partial charge in [0.2, 0.25) is 0 Å². The van der Waals surface area contributed by atoms with Gasteiger partial charge in [0.05, 0.1) is 12.7 Å². The van der Waals surface area contributed by atoms with Crippen LogP contribution in [0.5, 0.6) is 0 Å². The zero-order chi connectivity index (χ0) is 10.7. The molecule has 1 aromatic heterocycles. The highest BCUT2D eigenvalue weighted by Crippen LogP contribution is 2.29. The minimum Gasteiger partial charge on any atom is -0.469 e. The lowest BCUT2D eigenvalue weighted by atomic mass is 9.79. The molecule has 2 atom stereocenters. The van der Waals surface area contributed by atoms with Gasteiger partial charge in [-0.1, -0.05) is 19.8 Å². The van der Waals surface area contributed by atoms with Crippen molar-refractivity contribution in [2.45, 2.75) is 39.0 Å². The minimum atomic E-state index is 0.277. The molecule has 0 amide bonds. The van der Waals surface area contributed by atoms with E-state index >= 15 is 0 Å². The molecule has 0 N–H and O–H groups in total. The largest absolute Gasteiger partial charge is 0.469 e. The van der Waals surface area contributed by atoms with Crippen molar-refractivity contribution in [1.82, 2.24) is 0 Å². The zero-order valence-corrected chi connectivity index (χ0v) is 9.24. The third-order valence-corrected chi connectivity index (χ3v) is 3.32. The number of Topliss-reactive ketones (excluding diaryl/α,β-unsaturated/α-hetero) is 1. The van der Waals surface area contributed by atoms with Crippen LogP contribution in [0.15, 0.2) is 22.8 Å². The van der Waals surface area contributed by atoms with Gasteiger partial charge in [-0.25, -0.2) is 0 Å². The first kappa shape index (κ1) is 10.5. The quantitative estimate of drug-likeness (QED) is 0.760. The molecular formula is C13H18O2. The summed E-state index contributed by atoms with van der Waals surface area (Å²) in [5.74, 6) is 2.15. The average Bonchev–Trinajstić information content (AvgIpc) is 2.70. The molecule has 1 aliphatic carbocycles. The molecule has 1 fully saturated rings. The summed E-state index contributed by atoms with van der Waals surface area (Å²) in [6.07, 6.45) is 6.74. The van der Waals surface area contributed by atoms with E-state index in [1.54, 1.807) is 6.26 Å².